The van der Waals surface area contributed by atoms with Crippen molar-refractivity contribution in [1.82, 2.24) is 24.8 Å². The van der Waals surface area contributed by atoms with Crippen LogP contribution in [-0.4, -0.2) is 113 Å². The summed E-state index contributed by atoms with van der Waals surface area (Å²) in [5.41, 5.74) is 3.47. The lowest BCUT2D eigenvalue weighted by Gasteiger charge is -2.20. The highest BCUT2D eigenvalue weighted by Gasteiger charge is 2.21. The maximum atomic E-state index is 12.4. The van der Waals surface area contributed by atoms with Gasteiger partial charge < -0.3 is 23.7 Å². The number of carbonyl (C=O) groups is 4. The van der Waals surface area contributed by atoms with Crippen LogP contribution in [0, 0.1) is 10.1 Å². The van der Waals surface area contributed by atoms with Crippen molar-refractivity contribution in [3.05, 3.63) is 88.2 Å². The number of pyridine rings is 3. The van der Waals surface area contributed by atoms with Gasteiger partial charge >= 0.3 is 29.6 Å². The Bertz CT molecular complexity index is 1900. The van der Waals surface area contributed by atoms with Gasteiger partial charge in [0.05, 0.1) is 98.8 Å². The number of benzene rings is 1. The second kappa shape index (κ2) is 21.7. The Morgan fingerprint density at radius 1 is 0.579 bits per heavy atom. The van der Waals surface area contributed by atoms with E-state index in [4.69, 9.17) is 38.6 Å². The fraction of sp³-hybridized carbons (Fsp3) is 0.375. The molecule has 3 heterocycles. The molecule has 0 spiro atoms. The van der Waals surface area contributed by atoms with Gasteiger partial charge in [0.2, 0.25) is 0 Å². The molecule has 302 valence electrons. The molecular weight excluding hydrogens is 740 g/mol. The van der Waals surface area contributed by atoms with Gasteiger partial charge in [0, 0.05) is 19.2 Å². The Morgan fingerprint density at radius 2 is 1.00 bits per heavy atom. The van der Waals surface area contributed by atoms with Crippen LogP contribution in [0.4, 0.5) is 5.69 Å². The molecule has 0 radical (unpaired) electrons. The van der Waals surface area contributed by atoms with Gasteiger partial charge in [-0.15, -0.1) is 0 Å². The van der Waals surface area contributed by atoms with Crippen LogP contribution in [-0.2, 0) is 51.2 Å². The zero-order chi connectivity index (χ0) is 41.3. The van der Waals surface area contributed by atoms with Crippen molar-refractivity contribution in [3.63, 3.8) is 0 Å². The van der Waals surface area contributed by atoms with Crippen LogP contribution < -0.4 is 4.74 Å². The number of ether oxygens (including phenoxy) is 5. The third kappa shape index (κ3) is 13.1. The molecule has 1 aromatic carbocycles. The highest BCUT2D eigenvalue weighted by molar-refractivity contribution is 5.78. The molecule has 0 fully saturated rings. The van der Waals surface area contributed by atoms with E-state index in [9.17, 15) is 29.3 Å². The molecule has 0 saturated heterocycles. The molecule has 4 aromatic rings. The molecule has 3 aromatic heterocycles. The number of esters is 4. The van der Waals surface area contributed by atoms with Crippen molar-refractivity contribution >= 4 is 29.6 Å². The summed E-state index contributed by atoms with van der Waals surface area (Å²) in [6.07, 6.45) is 0. The van der Waals surface area contributed by atoms with Crippen LogP contribution in [0.3, 0.4) is 0 Å². The molecule has 0 N–H and O–H groups in total. The summed E-state index contributed by atoms with van der Waals surface area (Å²) in [5, 5.41) is 12.0. The van der Waals surface area contributed by atoms with E-state index in [1.165, 1.54) is 19.2 Å². The van der Waals surface area contributed by atoms with Crippen LogP contribution in [0.15, 0.2) is 66.7 Å². The Hall–Kier alpha value is -6.33. The fourth-order valence-electron chi connectivity index (χ4n) is 5.74. The summed E-state index contributed by atoms with van der Waals surface area (Å²) in [5.74, 6) is -1.95. The highest BCUT2D eigenvalue weighted by atomic mass is 16.6. The molecule has 0 aliphatic rings. The van der Waals surface area contributed by atoms with Gasteiger partial charge in [-0.25, -0.2) is 15.0 Å². The van der Waals surface area contributed by atoms with E-state index in [0.717, 1.165) is 0 Å². The van der Waals surface area contributed by atoms with E-state index in [2.05, 4.69) is 0 Å². The topological polar surface area (TPSA) is 203 Å². The number of methoxy groups -OCH3 is 1. The predicted octanol–water partition coefficient (Wildman–Crippen LogP) is 4.65. The summed E-state index contributed by atoms with van der Waals surface area (Å²) in [6.45, 7) is 6.98. The maximum absolute atomic E-state index is 12.4. The van der Waals surface area contributed by atoms with E-state index in [1.54, 1.807) is 92.1 Å². The Kier molecular flexibility index (Phi) is 16.5. The molecule has 17 heteroatoms. The lowest BCUT2D eigenvalue weighted by atomic mass is 10.0. The van der Waals surface area contributed by atoms with E-state index in [-0.39, 0.29) is 77.1 Å². The van der Waals surface area contributed by atoms with Gasteiger partial charge in [-0.3, -0.25) is 39.1 Å². The fourth-order valence-corrected chi connectivity index (χ4v) is 5.74. The van der Waals surface area contributed by atoms with Crippen molar-refractivity contribution in [1.29, 1.82) is 0 Å². The van der Waals surface area contributed by atoms with Crippen molar-refractivity contribution in [2.75, 3.05) is 59.7 Å². The standard InChI is InChI=1S/C40H46N6O11/c1-6-54-37(47)23-44(24-38(48)55-7-2)21-29-12-10-14-31(41-29)33-18-28(27-16-17-36(53-5)35(20-27)46(51)52)19-34(43-33)32-15-11-13-30(42-32)22-45(25-39(49)56-8-3)26-40(50)57-9-4/h10-20H,6-9,21-26H2,1-5H3. The Balaban J connectivity index is 1.79. The van der Waals surface area contributed by atoms with Crippen LogP contribution in [0.1, 0.15) is 39.1 Å². The molecule has 0 aliphatic carbocycles. The molecule has 57 heavy (non-hydrogen) atoms. The number of hydrogen-bond acceptors (Lipinski definition) is 16. The smallest absolute Gasteiger partial charge is 0.320 e. The molecule has 0 bridgehead atoms. The summed E-state index contributed by atoms with van der Waals surface area (Å²) in [7, 11) is 1.35. The molecular formula is C40H46N6O11. The van der Waals surface area contributed by atoms with E-state index < -0.39 is 28.8 Å². The van der Waals surface area contributed by atoms with Crippen molar-refractivity contribution in [2.24, 2.45) is 0 Å². The molecule has 0 atom stereocenters. The Morgan fingerprint density at radius 3 is 1.37 bits per heavy atom. The second-order valence-corrected chi connectivity index (χ2v) is 12.3. The zero-order valence-corrected chi connectivity index (χ0v) is 32.6. The van der Waals surface area contributed by atoms with Crippen LogP contribution >= 0.6 is 0 Å². The van der Waals surface area contributed by atoms with E-state index in [0.29, 0.717) is 45.3 Å². The molecule has 4 rings (SSSR count). The zero-order valence-electron chi connectivity index (χ0n) is 32.6. The maximum Gasteiger partial charge on any atom is 0.320 e. The van der Waals surface area contributed by atoms with Crippen LogP contribution in [0.25, 0.3) is 33.9 Å². The number of aromatic nitrogens is 3. The van der Waals surface area contributed by atoms with Gasteiger partial charge in [-0.1, -0.05) is 18.2 Å². The minimum atomic E-state index is -0.530. The van der Waals surface area contributed by atoms with Gasteiger partial charge in [0.1, 0.15) is 0 Å². The average molecular weight is 787 g/mol. The minimum Gasteiger partial charge on any atom is -0.490 e. The first-order valence-electron chi connectivity index (χ1n) is 18.3. The third-order valence-corrected chi connectivity index (χ3v) is 8.08. The average Bonchev–Trinajstić information content (AvgIpc) is 3.18. The quantitative estimate of drug-likeness (QED) is 0.0488. The lowest BCUT2D eigenvalue weighted by molar-refractivity contribution is -0.385. The highest BCUT2D eigenvalue weighted by Crippen LogP contribution is 2.35. The third-order valence-electron chi connectivity index (χ3n) is 8.08. The van der Waals surface area contributed by atoms with Crippen LogP contribution in [0.5, 0.6) is 5.75 Å². The van der Waals surface area contributed by atoms with Gasteiger partial charge in [0.25, 0.3) is 0 Å². The number of nitro benzene ring substituents is 1. The van der Waals surface area contributed by atoms with E-state index in [1.807, 2.05) is 0 Å². The largest absolute Gasteiger partial charge is 0.490 e. The number of nitrogens with zero attached hydrogens (tertiary/aromatic N) is 6. The molecule has 0 saturated carbocycles. The Labute approximate surface area is 330 Å². The van der Waals surface area contributed by atoms with Crippen molar-refractivity contribution in [3.8, 4) is 39.7 Å². The normalized spacial score (nSPS) is 10.9. The van der Waals surface area contributed by atoms with Gasteiger partial charge in [0.15, 0.2) is 5.75 Å². The van der Waals surface area contributed by atoms with Gasteiger partial charge in [-0.2, -0.15) is 0 Å². The molecule has 17 nitrogen and oxygen atoms in total. The first-order chi connectivity index (χ1) is 27.5. The minimum absolute atomic E-state index is 0.0902. The monoisotopic (exact) mass is 786 g/mol. The molecule has 0 amide bonds. The first kappa shape index (κ1) is 43.4. The van der Waals surface area contributed by atoms with Crippen molar-refractivity contribution in [2.45, 2.75) is 40.8 Å². The molecule has 0 aliphatic heterocycles. The van der Waals surface area contributed by atoms with Crippen LogP contribution in [0.2, 0.25) is 0 Å². The van der Waals surface area contributed by atoms with Gasteiger partial charge in [-0.05, 0) is 81.3 Å². The number of carbonyl (C=O) groups excluding carboxylic acids is 4. The molecule has 0 unspecified atom stereocenters. The summed E-state index contributed by atoms with van der Waals surface area (Å²) in [6, 6.07) is 18.6. The summed E-state index contributed by atoms with van der Waals surface area (Å²) in [4.78, 5) is 78.8. The SMILES string of the molecule is CCOC(=O)CN(CC(=O)OCC)Cc1cccc(-c2cc(-c3ccc(OC)c([N+](=O)[O-])c3)cc(-c3cccc(CN(CC(=O)OCC)CC(=O)OCC)n3)n2)n1. The number of rotatable bonds is 21. The van der Waals surface area contributed by atoms with E-state index >= 15 is 0 Å². The number of hydrogen-bond donors (Lipinski definition) is 0. The first-order valence-corrected chi connectivity index (χ1v) is 18.3. The lowest BCUT2D eigenvalue weighted by Crippen LogP contribution is -2.36. The summed E-state index contributed by atoms with van der Waals surface area (Å²) < 4.78 is 25.7. The van der Waals surface area contributed by atoms with Crippen molar-refractivity contribution < 1.29 is 47.8 Å². The number of nitro groups is 1. The summed E-state index contributed by atoms with van der Waals surface area (Å²) >= 11 is 0. The second-order valence-electron chi connectivity index (χ2n) is 12.3. The predicted molar refractivity (Wildman–Crippen MR) is 206 cm³/mol.